The maximum Gasteiger partial charge on any atom is 0.340 e. The van der Waals surface area contributed by atoms with Crippen LogP contribution in [0.3, 0.4) is 0 Å². The lowest BCUT2D eigenvalue weighted by Gasteiger charge is -2.10. The zero-order valence-corrected chi connectivity index (χ0v) is 15.9. The first-order chi connectivity index (χ1) is 12.8. The predicted molar refractivity (Wildman–Crippen MR) is 106 cm³/mol. The van der Waals surface area contributed by atoms with E-state index in [0.29, 0.717) is 16.9 Å². The second-order valence-electron chi connectivity index (χ2n) is 6.82. The van der Waals surface area contributed by atoms with Gasteiger partial charge in [-0.1, -0.05) is 17.7 Å². The number of nitrogens with zero attached hydrogens (tertiary/aromatic N) is 1. The minimum atomic E-state index is -0.557. The molecular weight excluding hydrogens is 340 g/mol. The van der Waals surface area contributed by atoms with Crippen molar-refractivity contribution >= 4 is 28.5 Å². The number of fused-ring (bicyclic) bond motifs is 1. The van der Waals surface area contributed by atoms with Crippen LogP contribution < -0.4 is 5.32 Å². The van der Waals surface area contributed by atoms with E-state index in [1.54, 1.807) is 13.0 Å². The number of aromatic nitrogens is 1. The number of hydrogen-bond acceptors (Lipinski definition) is 4. The average molecular weight is 362 g/mol. The highest BCUT2D eigenvalue weighted by Gasteiger charge is 2.15. The fraction of sp³-hybridized carbons (Fsp3) is 0.227. The molecule has 0 aliphatic heterocycles. The van der Waals surface area contributed by atoms with E-state index in [9.17, 15) is 9.59 Å². The topological polar surface area (TPSA) is 68.3 Å². The molecule has 138 valence electrons. The summed E-state index contributed by atoms with van der Waals surface area (Å²) in [6.07, 6.45) is 0. The van der Waals surface area contributed by atoms with Crippen LogP contribution in [0.2, 0.25) is 0 Å². The molecule has 0 aliphatic carbocycles. The van der Waals surface area contributed by atoms with Gasteiger partial charge in [0.05, 0.1) is 16.8 Å². The Morgan fingerprint density at radius 2 is 1.63 bits per heavy atom. The number of carbonyl (C=O) groups excluding carboxylic acids is 2. The number of pyridine rings is 1. The normalized spacial score (nSPS) is 10.7. The highest BCUT2D eigenvalue weighted by molar-refractivity contribution is 5.98. The standard InChI is InChI=1S/C22H22N2O3/c1-13-5-6-20-17(8-13)11-19(16(4)23-20)22(26)27-12-21(25)24-18-9-14(2)7-15(3)10-18/h5-11H,12H2,1-4H3,(H,24,25). The molecule has 3 rings (SSSR count). The van der Waals surface area contributed by atoms with Crippen LogP contribution in [-0.2, 0) is 9.53 Å². The Morgan fingerprint density at radius 1 is 0.926 bits per heavy atom. The van der Waals surface area contributed by atoms with Crippen molar-refractivity contribution in [2.75, 3.05) is 11.9 Å². The van der Waals surface area contributed by atoms with Crippen molar-refractivity contribution in [3.63, 3.8) is 0 Å². The first-order valence-corrected chi connectivity index (χ1v) is 8.75. The second-order valence-corrected chi connectivity index (χ2v) is 6.82. The number of nitrogens with one attached hydrogen (secondary N) is 1. The third-order valence-electron chi connectivity index (χ3n) is 4.22. The molecule has 27 heavy (non-hydrogen) atoms. The zero-order valence-electron chi connectivity index (χ0n) is 15.9. The molecule has 1 N–H and O–H groups in total. The summed E-state index contributed by atoms with van der Waals surface area (Å²) in [6.45, 7) is 7.30. The van der Waals surface area contributed by atoms with E-state index in [1.807, 2.05) is 57.2 Å². The summed E-state index contributed by atoms with van der Waals surface area (Å²) >= 11 is 0. The Hall–Kier alpha value is -3.21. The highest BCUT2D eigenvalue weighted by Crippen LogP contribution is 2.19. The molecule has 0 bridgehead atoms. The van der Waals surface area contributed by atoms with Gasteiger partial charge in [-0.15, -0.1) is 0 Å². The number of carbonyl (C=O) groups is 2. The number of esters is 1. The van der Waals surface area contributed by atoms with Crippen molar-refractivity contribution in [3.05, 3.63) is 70.4 Å². The molecule has 0 fully saturated rings. The molecular formula is C22H22N2O3. The van der Waals surface area contributed by atoms with Gasteiger partial charge in [0, 0.05) is 11.1 Å². The van der Waals surface area contributed by atoms with Gasteiger partial charge in [0.2, 0.25) is 0 Å². The second kappa shape index (κ2) is 7.58. The van der Waals surface area contributed by atoms with Gasteiger partial charge in [0.25, 0.3) is 5.91 Å². The molecule has 0 spiro atoms. The van der Waals surface area contributed by atoms with Gasteiger partial charge in [-0.3, -0.25) is 9.78 Å². The van der Waals surface area contributed by atoms with E-state index in [1.165, 1.54) is 0 Å². The van der Waals surface area contributed by atoms with Crippen LogP contribution in [0.25, 0.3) is 10.9 Å². The lowest BCUT2D eigenvalue weighted by Crippen LogP contribution is -2.21. The van der Waals surface area contributed by atoms with Crippen LogP contribution in [0.1, 0.15) is 32.7 Å². The summed E-state index contributed by atoms with van der Waals surface area (Å²) in [5.41, 5.74) is 5.64. The van der Waals surface area contributed by atoms with Gasteiger partial charge in [-0.2, -0.15) is 0 Å². The molecule has 1 aromatic heterocycles. The van der Waals surface area contributed by atoms with E-state index in [2.05, 4.69) is 10.3 Å². The minimum absolute atomic E-state index is 0.350. The molecule has 3 aromatic rings. The average Bonchev–Trinajstić information content (AvgIpc) is 2.58. The van der Waals surface area contributed by atoms with Crippen molar-refractivity contribution in [2.45, 2.75) is 27.7 Å². The Kier molecular flexibility index (Phi) is 5.21. The zero-order chi connectivity index (χ0) is 19.6. The first kappa shape index (κ1) is 18.6. The van der Waals surface area contributed by atoms with Crippen molar-refractivity contribution < 1.29 is 14.3 Å². The van der Waals surface area contributed by atoms with Crippen molar-refractivity contribution in [2.24, 2.45) is 0 Å². The lowest BCUT2D eigenvalue weighted by atomic mass is 10.1. The number of aryl methyl sites for hydroxylation is 4. The van der Waals surface area contributed by atoms with Crippen LogP contribution in [0, 0.1) is 27.7 Å². The summed E-state index contributed by atoms with van der Waals surface area (Å²) in [4.78, 5) is 29.0. The van der Waals surface area contributed by atoms with Gasteiger partial charge >= 0.3 is 5.97 Å². The molecule has 0 unspecified atom stereocenters. The van der Waals surface area contributed by atoms with Crippen LogP contribution in [0.4, 0.5) is 5.69 Å². The van der Waals surface area contributed by atoms with Gasteiger partial charge in [-0.05, 0) is 69.2 Å². The fourth-order valence-electron chi connectivity index (χ4n) is 3.05. The van der Waals surface area contributed by atoms with Crippen LogP contribution in [0.15, 0.2) is 42.5 Å². The number of rotatable bonds is 4. The fourth-order valence-corrected chi connectivity index (χ4v) is 3.05. The molecule has 0 saturated carbocycles. The van der Waals surface area contributed by atoms with E-state index in [0.717, 1.165) is 27.6 Å². The van der Waals surface area contributed by atoms with Crippen LogP contribution in [0.5, 0.6) is 0 Å². The molecule has 2 aromatic carbocycles. The molecule has 0 saturated heterocycles. The van der Waals surface area contributed by atoms with Crippen molar-refractivity contribution in [3.8, 4) is 0 Å². The first-order valence-electron chi connectivity index (χ1n) is 8.75. The number of ether oxygens (including phenoxy) is 1. The number of amides is 1. The Bertz CT molecular complexity index is 1020. The Morgan fingerprint density at radius 3 is 2.33 bits per heavy atom. The molecule has 0 aliphatic rings. The predicted octanol–water partition coefficient (Wildman–Crippen LogP) is 4.26. The summed E-state index contributed by atoms with van der Waals surface area (Å²) in [5.74, 6) is -0.936. The third kappa shape index (κ3) is 4.50. The van der Waals surface area contributed by atoms with Gasteiger partial charge < -0.3 is 10.1 Å². The molecule has 1 amide bonds. The Labute approximate surface area is 158 Å². The maximum atomic E-state index is 12.4. The summed E-state index contributed by atoms with van der Waals surface area (Å²) < 4.78 is 5.19. The third-order valence-corrected chi connectivity index (χ3v) is 4.22. The van der Waals surface area contributed by atoms with Gasteiger partial charge in [-0.25, -0.2) is 4.79 Å². The molecule has 5 heteroatoms. The van der Waals surface area contributed by atoms with Gasteiger partial charge in [0.15, 0.2) is 6.61 Å². The smallest absolute Gasteiger partial charge is 0.340 e. The van der Waals surface area contributed by atoms with Crippen molar-refractivity contribution in [1.82, 2.24) is 4.98 Å². The Balaban J connectivity index is 1.69. The van der Waals surface area contributed by atoms with Gasteiger partial charge in [0.1, 0.15) is 0 Å². The number of benzene rings is 2. The molecule has 0 radical (unpaired) electrons. The van der Waals surface area contributed by atoms with Crippen LogP contribution >= 0.6 is 0 Å². The molecule has 0 atom stereocenters. The van der Waals surface area contributed by atoms with Crippen LogP contribution in [-0.4, -0.2) is 23.5 Å². The SMILES string of the molecule is Cc1cc(C)cc(NC(=O)COC(=O)c2cc3cc(C)ccc3nc2C)c1. The minimum Gasteiger partial charge on any atom is -0.452 e. The van der Waals surface area contributed by atoms with E-state index in [-0.39, 0.29) is 12.5 Å². The number of anilines is 1. The monoisotopic (exact) mass is 362 g/mol. The molecule has 5 nitrogen and oxygen atoms in total. The summed E-state index contributed by atoms with van der Waals surface area (Å²) in [5, 5.41) is 3.62. The quantitative estimate of drug-likeness (QED) is 0.704. The molecule has 1 heterocycles. The summed E-state index contributed by atoms with van der Waals surface area (Å²) in [6, 6.07) is 13.4. The largest absolute Gasteiger partial charge is 0.452 e. The maximum absolute atomic E-state index is 12.4. The van der Waals surface area contributed by atoms with E-state index >= 15 is 0 Å². The lowest BCUT2D eigenvalue weighted by molar-refractivity contribution is -0.119. The van der Waals surface area contributed by atoms with Crippen molar-refractivity contribution in [1.29, 1.82) is 0 Å². The highest BCUT2D eigenvalue weighted by atomic mass is 16.5. The van der Waals surface area contributed by atoms with E-state index in [4.69, 9.17) is 4.74 Å². The van der Waals surface area contributed by atoms with E-state index < -0.39 is 5.97 Å². The summed E-state index contributed by atoms with van der Waals surface area (Å²) in [7, 11) is 0. The number of hydrogen-bond donors (Lipinski definition) is 1.